The van der Waals surface area contributed by atoms with Crippen LogP contribution in [-0.4, -0.2) is 17.9 Å². The van der Waals surface area contributed by atoms with Crippen molar-refractivity contribution in [3.63, 3.8) is 0 Å². The summed E-state index contributed by atoms with van der Waals surface area (Å²) >= 11 is 0. The molecule has 1 unspecified atom stereocenters. The summed E-state index contributed by atoms with van der Waals surface area (Å²) in [5.41, 5.74) is 3.15. The highest BCUT2D eigenvalue weighted by molar-refractivity contribution is 5.93. The molecule has 0 saturated carbocycles. The Hall–Kier alpha value is -2.55. The second-order valence-corrected chi connectivity index (χ2v) is 5.50. The highest BCUT2D eigenvalue weighted by Gasteiger charge is 2.18. The number of ketones is 1. The van der Waals surface area contributed by atoms with Gasteiger partial charge < -0.3 is 9.72 Å². The van der Waals surface area contributed by atoms with Crippen LogP contribution in [0.3, 0.4) is 0 Å². The van der Waals surface area contributed by atoms with Crippen LogP contribution in [0.2, 0.25) is 0 Å². The maximum absolute atomic E-state index is 12.6. The zero-order chi connectivity index (χ0) is 15.5. The van der Waals surface area contributed by atoms with Gasteiger partial charge in [-0.05, 0) is 29.3 Å². The van der Waals surface area contributed by atoms with Crippen molar-refractivity contribution in [2.24, 2.45) is 0 Å². The molecule has 1 heterocycles. The summed E-state index contributed by atoms with van der Waals surface area (Å²) in [5.74, 6) is 0.897. The first-order chi connectivity index (χ1) is 10.7. The van der Waals surface area contributed by atoms with Gasteiger partial charge in [-0.3, -0.25) is 4.79 Å². The summed E-state index contributed by atoms with van der Waals surface area (Å²) in [6.45, 7) is 1.97. The first-order valence-corrected chi connectivity index (χ1v) is 7.40. The average Bonchev–Trinajstić information content (AvgIpc) is 2.99. The molecule has 22 heavy (non-hydrogen) atoms. The third kappa shape index (κ3) is 2.75. The highest BCUT2D eigenvalue weighted by Crippen LogP contribution is 2.27. The molecule has 3 nitrogen and oxygen atoms in total. The molecule has 0 saturated heterocycles. The fourth-order valence-electron chi connectivity index (χ4n) is 2.72. The smallest absolute Gasteiger partial charge is 0.144 e. The summed E-state index contributed by atoms with van der Waals surface area (Å²) < 4.78 is 5.14. The van der Waals surface area contributed by atoms with E-state index in [1.807, 2.05) is 55.6 Å². The second-order valence-electron chi connectivity index (χ2n) is 5.50. The van der Waals surface area contributed by atoms with Gasteiger partial charge in [0.2, 0.25) is 0 Å². The number of methoxy groups -OCH3 is 1. The molecule has 0 aliphatic carbocycles. The molecular weight excluding hydrogens is 274 g/mol. The molecule has 0 bridgehead atoms. The molecule has 0 aliphatic rings. The van der Waals surface area contributed by atoms with Crippen LogP contribution in [-0.2, 0) is 11.2 Å². The Bertz CT molecular complexity index is 787. The Labute approximate surface area is 129 Å². The van der Waals surface area contributed by atoms with Crippen LogP contribution in [0.25, 0.3) is 10.9 Å². The number of aromatic amines is 1. The first-order valence-electron chi connectivity index (χ1n) is 7.40. The molecule has 2 aromatic carbocycles. The summed E-state index contributed by atoms with van der Waals surface area (Å²) in [7, 11) is 1.64. The average molecular weight is 293 g/mol. The van der Waals surface area contributed by atoms with E-state index < -0.39 is 0 Å². The molecule has 3 heteroatoms. The highest BCUT2D eigenvalue weighted by atomic mass is 16.5. The van der Waals surface area contributed by atoms with Gasteiger partial charge in [-0.15, -0.1) is 0 Å². The number of fused-ring (bicyclic) bond motifs is 1. The van der Waals surface area contributed by atoms with E-state index in [4.69, 9.17) is 4.74 Å². The first kappa shape index (κ1) is 14.4. The van der Waals surface area contributed by atoms with Crippen LogP contribution in [0, 0.1) is 0 Å². The normalized spacial score (nSPS) is 12.3. The zero-order valence-electron chi connectivity index (χ0n) is 12.8. The van der Waals surface area contributed by atoms with Gasteiger partial charge in [0.1, 0.15) is 11.5 Å². The number of rotatable bonds is 5. The molecule has 0 fully saturated rings. The Kier molecular flexibility index (Phi) is 3.96. The quantitative estimate of drug-likeness (QED) is 0.769. The number of hydrogen-bond donors (Lipinski definition) is 1. The molecule has 0 spiro atoms. The molecule has 3 aromatic rings. The third-order valence-electron chi connectivity index (χ3n) is 4.11. The van der Waals surface area contributed by atoms with E-state index in [0.717, 1.165) is 27.8 Å². The van der Waals surface area contributed by atoms with Crippen LogP contribution in [0.5, 0.6) is 5.75 Å². The van der Waals surface area contributed by atoms with Gasteiger partial charge in [-0.1, -0.05) is 37.3 Å². The van der Waals surface area contributed by atoms with E-state index in [9.17, 15) is 4.79 Å². The predicted molar refractivity (Wildman–Crippen MR) is 88.4 cm³/mol. The minimum atomic E-state index is -0.127. The van der Waals surface area contributed by atoms with Gasteiger partial charge in [0.15, 0.2) is 0 Å². The summed E-state index contributed by atoms with van der Waals surface area (Å²) in [6, 6.07) is 15.7. The maximum Gasteiger partial charge on any atom is 0.144 e. The summed E-state index contributed by atoms with van der Waals surface area (Å²) in [6.07, 6.45) is 2.38. The Morgan fingerprint density at radius 3 is 2.59 bits per heavy atom. The summed E-state index contributed by atoms with van der Waals surface area (Å²) in [5, 5.41) is 1.12. The van der Waals surface area contributed by atoms with Crippen LogP contribution >= 0.6 is 0 Å². The van der Waals surface area contributed by atoms with Crippen molar-refractivity contribution in [1.82, 2.24) is 4.98 Å². The van der Waals surface area contributed by atoms with Gasteiger partial charge in [-0.25, -0.2) is 0 Å². The predicted octanol–water partition coefficient (Wildman–Crippen LogP) is 4.09. The fraction of sp³-hybridized carbons (Fsp3) is 0.211. The van der Waals surface area contributed by atoms with Crippen molar-refractivity contribution >= 4 is 16.7 Å². The molecule has 112 valence electrons. The van der Waals surface area contributed by atoms with Gasteiger partial charge in [-0.2, -0.15) is 0 Å². The topological polar surface area (TPSA) is 42.1 Å². The number of carbonyl (C=O) groups excluding carboxylic acids is 1. The molecule has 3 rings (SSSR count). The Morgan fingerprint density at radius 2 is 1.86 bits per heavy atom. The number of Topliss-reactive ketones (excluding diaryl/α,β-unsaturated/α-hetero) is 1. The van der Waals surface area contributed by atoms with Gasteiger partial charge in [0.05, 0.1) is 7.11 Å². The number of nitrogens with one attached hydrogen (secondary N) is 1. The van der Waals surface area contributed by atoms with Crippen molar-refractivity contribution in [3.8, 4) is 5.75 Å². The zero-order valence-corrected chi connectivity index (χ0v) is 12.8. The number of para-hydroxylation sites is 1. The number of hydrogen-bond acceptors (Lipinski definition) is 2. The minimum Gasteiger partial charge on any atom is -0.497 e. The summed E-state index contributed by atoms with van der Waals surface area (Å²) in [4.78, 5) is 15.8. The lowest BCUT2D eigenvalue weighted by molar-refractivity contribution is -0.119. The van der Waals surface area contributed by atoms with E-state index in [0.29, 0.717) is 6.42 Å². The van der Waals surface area contributed by atoms with Gasteiger partial charge in [0.25, 0.3) is 0 Å². The van der Waals surface area contributed by atoms with E-state index in [1.54, 1.807) is 7.11 Å². The maximum atomic E-state index is 12.6. The number of aromatic nitrogens is 1. The van der Waals surface area contributed by atoms with E-state index in [1.165, 1.54) is 0 Å². The fourth-order valence-corrected chi connectivity index (χ4v) is 2.72. The lowest BCUT2D eigenvalue weighted by Gasteiger charge is -2.10. The lowest BCUT2D eigenvalue weighted by Crippen LogP contribution is -2.11. The number of benzene rings is 2. The Balaban J connectivity index is 1.79. The van der Waals surface area contributed by atoms with Crippen LogP contribution in [0.15, 0.2) is 54.7 Å². The minimum absolute atomic E-state index is 0.127. The van der Waals surface area contributed by atoms with Crippen molar-refractivity contribution < 1.29 is 9.53 Å². The third-order valence-corrected chi connectivity index (χ3v) is 4.11. The SMILES string of the molecule is COc1ccc(CC(=O)C(C)c2c[nH]c3ccccc23)cc1. The van der Waals surface area contributed by atoms with E-state index in [2.05, 4.69) is 11.1 Å². The Morgan fingerprint density at radius 1 is 1.14 bits per heavy atom. The van der Waals surface area contributed by atoms with Crippen molar-refractivity contribution in [2.45, 2.75) is 19.3 Å². The second kappa shape index (κ2) is 6.06. The van der Waals surface area contributed by atoms with Crippen molar-refractivity contribution in [2.75, 3.05) is 7.11 Å². The van der Waals surface area contributed by atoms with Crippen LogP contribution in [0.4, 0.5) is 0 Å². The van der Waals surface area contributed by atoms with Gasteiger partial charge >= 0.3 is 0 Å². The number of H-pyrrole nitrogens is 1. The molecule has 0 amide bonds. The molecule has 1 aromatic heterocycles. The monoisotopic (exact) mass is 293 g/mol. The number of ether oxygens (including phenoxy) is 1. The van der Waals surface area contributed by atoms with Crippen LogP contribution in [0.1, 0.15) is 24.0 Å². The molecule has 0 aliphatic heterocycles. The molecule has 1 N–H and O–H groups in total. The van der Waals surface area contributed by atoms with E-state index in [-0.39, 0.29) is 11.7 Å². The molecular formula is C19H19NO2. The largest absolute Gasteiger partial charge is 0.497 e. The van der Waals surface area contributed by atoms with E-state index >= 15 is 0 Å². The van der Waals surface area contributed by atoms with Crippen molar-refractivity contribution in [3.05, 3.63) is 65.9 Å². The molecule has 1 atom stereocenters. The lowest BCUT2D eigenvalue weighted by atomic mass is 9.92. The van der Waals surface area contributed by atoms with Gasteiger partial charge in [0, 0.05) is 29.4 Å². The standard InChI is InChI=1S/C19H19NO2/c1-13(17-12-20-18-6-4-3-5-16(17)18)19(21)11-14-7-9-15(22-2)10-8-14/h3-10,12-13,20H,11H2,1-2H3. The number of carbonyl (C=O) groups is 1. The molecule has 0 radical (unpaired) electrons. The van der Waals surface area contributed by atoms with Crippen LogP contribution < -0.4 is 4.74 Å². The van der Waals surface area contributed by atoms with Crippen molar-refractivity contribution in [1.29, 1.82) is 0 Å².